The van der Waals surface area contributed by atoms with E-state index >= 15 is 0 Å². The Kier molecular flexibility index (Phi) is 6.01. The molecule has 27 heavy (non-hydrogen) atoms. The molecular formula is C18H22F4N2O3. The quantitative estimate of drug-likeness (QED) is 0.780. The second kappa shape index (κ2) is 7.74. The van der Waals surface area contributed by atoms with E-state index in [1.54, 1.807) is 20.8 Å². The molecule has 5 nitrogen and oxygen atoms in total. The van der Waals surface area contributed by atoms with E-state index in [9.17, 15) is 27.2 Å². The van der Waals surface area contributed by atoms with Gasteiger partial charge in [0.15, 0.2) is 0 Å². The molecular weight excluding hydrogens is 368 g/mol. The number of likely N-dealkylation sites (tertiary alicyclic amines) is 1. The number of benzene rings is 1. The van der Waals surface area contributed by atoms with E-state index in [0.717, 1.165) is 24.3 Å². The summed E-state index contributed by atoms with van der Waals surface area (Å²) in [6.07, 6.45) is -5.66. The van der Waals surface area contributed by atoms with Crippen molar-refractivity contribution < 1.29 is 31.9 Å². The highest BCUT2D eigenvalue weighted by atomic mass is 19.4. The molecule has 1 fully saturated rings. The molecule has 0 radical (unpaired) electrons. The van der Waals surface area contributed by atoms with Crippen molar-refractivity contribution in [1.29, 1.82) is 0 Å². The van der Waals surface area contributed by atoms with Gasteiger partial charge < -0.3 is 15.0 Å². The molecule has 0 aliphatic carbocycles. The Bertz CT molecular complexity index is 683. The molecule has 1 aromatic carbocycles. The third-order valence-electron chi connectivity index (χ3n) is 4.03. The molecule has 0 bridgehead atoms. The second-order valence-corrected chi connectivity index (χ2v) is 7.44. The standard InChI is InChI=1S/C18H22F4N2O3/c1-17(2,3)27-16(26)23-13-8-9-14(18(20,21)22)24(10-13)15(25)11-4-6-12(19)7-5-11/h4-7,13-14H,8-10H2,1-3H3,(H,23,26)/t13-,14+/m0/s1. The van der Waals surface area contributed by atoms with Gasteiger partial charge in [0.25, 0.3) is 5.91 Å². The van der Waals surface area contributed by atoms with Crippen molar-refractivity contribution in [3.63, 3.8) is 0 Å². The predicted octanol–water partition coefficient (Wildman–Crippen LogP) is 3.89. The summed E-state index contributed by atoms with van der Waals surface area (Å²) < 4.78 is 58.3. The van der Waals surface area contributed by atoms with Gasteiger partial charge in [-0.15, -0.1) is 0 Å². The molecule has 0 saturated carbocycles. The molecule has 1 heterocycles. The average Bonchev–Trinajstić information content (AvgIpc) is 2.52. The maximum Gasteiger partial charge on any atom is 0.408 e. The minimum atomic E-state index is -4.60. The number of hydrogen-bond donors (Lipinski definition) is 1. The van der Waals surface area contributed by atoms with Gasteiger partial charge in [-0.1, -0.05) is 0 Å². The Morgan fingerprint density at radius 3 is 2.22 bits per heavy atom. The van der Waals surface area contributed by atoms with Crippen LogP contribution in [0.15, 0.2) is 24.3 Å². The Hall–Kier alpha value is -2.32. The molecule has 1 aliphatic heterocycles. The van der Waals surface area contributed by atoms with E-state index < -0.39 is 41.7 Å². The average molecular weight is 390 g/mol. The lowest BCUT2D eigenvalue weighted by Crippen LogP contribution is -2.58. The summed E-state index contributed by atoms with van der Waals surface area (Å²) in [4.78, 5) is 25.2. The lowest BCUT2D eigenvalue weighted by Gasteiger charge is -2.40. The fraction of sp³-hybridized carbons (Fsp3) is 0.556. The first-order chi connectivity index (χ1) is 12.4. The fourth-order valence-corrected chi connectivity index (χ4v) is 2.89. The minimum Gasteiger partial charge on any atom is -0.444 e. The van der Waals surface area contributed by atoms with Crippen LogP contribution >= 0.6 is 0 Å². The monoisotopic (exact) mass is 390 g/mol. The summed E-state index contributed by atoms with van der Waals surface area (Å²) in [6, 6.07) is 1.65. The lowest BCUT2D eigenvalue weighted by atomic mass is 9.96. The third kappa shape index (κ3) is 5.83. The van der Waals surface area contributed by atoms with Crippen LogP contribution in [-0.4, -0.2) is 47.3 Å². The number of piperidine rings is 1. The second-order valence-electron chi connectivity index (χ2n) is 7.44. The first-order valence-corrected chi connectivity index (χ1v) is 8.49. The van der Waals surface area contributed by atoms with Crippen LogP contribution in [0.4, 0.5) is 22.4 Å². The smallest absolute Gasteiger partial charge is 0.408 e. The van der Waals surface area contributed by atoms with Crippen LogP contribution in [0.5, 0.6) is 0 Å². The Morgan fingerprint density at radius 1 is 1.11 bits per heavy atom. The number of hydrogen-bond acceptors (Lipinski definition) is 3. The van der Waals surface area contributed by atoms with Crippen LogP contribution in [-0.2, 0) is 4.74 Å². The number of nitrogens with one attached hydrogen (secondary N) is 1. The molecule has 2 atom stereocenters. The molecule has 1 aliphatic rings. The minimum absolute atomic E-state index is 0.0522. The van der Waals surface area contributed by atoms with E-state index in [2.05, 4.69) is 5.32 Å². The van der Waals surface area contributed by atoms with E-state index in [1.807, 2.05) is 0 Å². The summed E-state index contributed by atoms with van der Waals surface area (Å²) >= 11 is 0. The molecule has 9 heteroatoms. The van der Waals surface area contributed by atoms with Gasteiger partial charge in [0.1, 0.15) is 17.5 Å². The van der Waals surface area contributed by atoms with Crippen molar-refractivity contribution in [2.45, 2.75) is 57.5 Å². The third-order valence-corrected chi connectivity index (χ3v) is 4.03. The largest absolute Gasteiger partial charge is 0.444 e. The number of nitrogens with zero attached hydrogens (tertiary/aromatic N) is 1. The highest BCUT2D eigenvalue weighted by molar-refractivity contribution is 5.94. The highest BCUT2D eigenvalue weighted by Gasteiger charge is 2.48. The van der Waals surface area contributed by atoms with Crippen LogP contribution in [0.3, 0.4) is 0 Å². The molecule has 0 aromatic heterocycles. The van der Waals surface area contributed by atoms with E-state index in [0.29, 0.717) is 4.90 Å². The lowest BCUT2D eigenvalue weighted by molar-refractivity contribution is -0.184. The van der Waals surface area contributed by atoms with E-state index in [-0.39, 0.29) is 24.9 Å². The van der Waals surface area contributed by atoms with Crippen molar-refractivity contribution in [2.75, 3.05) is 6.54 Å². The number of amides is 2. The molecule has 150 valence electrons. The zero-order valence-electron chi connectivity index (χ0n) is 15.3. The van der Waals surface area contributed by atoms with Crippen LogP contribution in [0, 0.1) is 5.82 Å². The SMILES string of the molecule is CC(C)(C)OC(=O)N[C@H]1CC[C@H](C(F)(F)F)N(C(=O)c2ccc(F)cc2)C1. The van der Waals surface area contributed by atoms with Crippen LogP contribution in [0.25, 0.3) is 0 Å². The zero-order chi connectivity index (χ0) is 20.4. The first-order valence-electron chi connectivity index (χ1n) is 8.49. The molecule has 1 aromatic rings. The zero-order valence-corrected chi connectivity index (χ0v) is 15.3. The van der Waals surface area contributed by atoms with Gasteiger partial charge in [0.2, 0.25) is 0 Å². The maximum atomic E-state index is 13.4. The van der Waals surface area contributed by atoms with Crippen LogP contribution in [0.2, 0.25) is 0 Å². The van der Waals surface area contributed by atoms with Crippen molar-refractivity contribution in [1.82, 2.24) is 10.2 Å². The molecule has 2 amide bonds. The van der Waals surface area contributed by atoms with Crippen molar-refractivity contribution in [3.8, 4) is 0 Å². The Labute approximate surface area is 154 Å². The number of alkyl halides is 3. The number of carbonyl (C=O) groups is 2. The molecule has 1 saturated heterocycles. The fourth-order valence-electron chi connectivity index (χ4n) is 2.89. The van der Waals surface area contributed by atoms with Gasteiger partial charge in [0, 0.05) is 18.2 Å². The Morgan fingerprint density at radius 2 is 1.70 bits per heavy atom. The molecule has 2 rings (SSSR count). The van der Waals surface area contributed by atoms with Gasteiger partial charge in [0.05, 0.1) is 0 Å². The summed E-state index contributed by atoms with van der Waals surface area (Å²) in [6.45, 7) is 4.67. The van der Waals surface area contributed by atoms with Crippen molar-refractivity contribution >= 4 is 12.0 Å². The highest BCUT2D eigenvalue weighted by Crippen LogP contribution is 2.33. The number of halogens is 4. The van der Waals surface area contributed by atoms with Gasteiger partial charge in [-0.2, -0.15) is 13.2 Å². The van der Waals surface area contributed by atoms with Gasteiger partial charge in [-0.3, -0.25) is 4.79 Å². The summed E-state index contributed by atoms with van der Waals surface area (Å²) in [5, 5.41) is 2.51. The summed E-state index contributed by atoms with van der Waals surface area (Å²) in [5.41, 5.74) is -0.805. The predicted molar refractivity (Wildman–Crippen MR) is 89.7 cm³/mol. The summed E-state index contributed by atoms with van der Waals surface area (Å²) in [5.74, 6) is -1.46. The van der Waals surface area contributed by atoms with Gasteiger partial charge in [-0.25, -0.2) is 9.18 Å². The molecule has 1 N–H and O–H groups in total. The van der Waals surface area contributed by atoms with Gasteiger partial charge >= 0.3 is 12.3 Å². The number of carbonyl (C=O) groups excluding carboxylic acids is 2. The topological polar surface area (TPSA) is 58.6 Å². The van der Waals surface area contributed by atoms with Crippen LogP contribution in [0.1, 0.15) is 44.0 Å². The van der Waals surface area contributed by atoms with Crippen molar-refractivity contribution in [2.24, 2.45) is 0 Å². The normalized spacial score (nSPS) is 20.9. The number of rotatable bonds is 2. The number of ether oxygens (including phenoxy) is 1. The first kappa shape index (κ1) is 21.0. The molecule has 0 spiro atoms. The molecule has 0 unspecified atom stereocenters. The summed E-state index contributed by atoms with van der Waals surface area (Å²) in [7, 11) is 0. The van der Waals surface area contributed by atoms with Gasteiger partial charge in [-0.05, 0) is 57.9 Å². The van der Waals surface area contributed by atoms with Crippen LogP contribution < -0.4 is 5.32 Å². The Balaban J connectivity index is 2.17. The van der Waals surface area contributed by atoms with Crippen molar-refractivity contribution in [3.05, 3.63) is 35.6 Å². The van der Waals surface area contributed by atoms with E-state index in [1.165, 1.54) is 0 Å². The maximum absolute atomic E-state index is 13.4. The van der Waals surface area contributed by atoms with E-state index in [4.69, 9.17) is 4.74 Å². The number of alkyl carbamates (subject to hydrolysis) is 1.